The molecule has 30 heavy (non-hydrogen) atoms. The van der Waals surface area contributed by atoms with E-state index in [9.17, 15) is 4.79 Å². The van der Waals surface area contributed by atoms with E-state index >= 15 is 0 Å². The Labute approximate surface area is 185 Å². The zero-order valence-corrected chi connectivity index (χ0v) is 18.7. The maximum atomic E-state index is 13.4. The van der Waals surface area contributed by atoms with E-state index < -0.39 is 0 Å². The van der Waals surface area contributed by atoms with Crippen molar-refractivity contribution in [1.29, 1.82) is 0 Å². The van der Waals surface area contributed by atoms with Crippen molar-refractivity contribution < 1.29 is 14.3 Å². The summed E-state index contributed by atoms with van der Waals surface area (Å²) in [5, 5.41) is 0. The first-order valence-electron chi connectivity index (χ1n) is 9.96. The SMILES string of the molecule is COc1cc2c(cc1OC)C(Cc1ccccc1Br)N(C(=O)c1ccccc1)CC2. The topological polar surface area (TPSA) is 38.8 Å². The fraction of sp³-hybridized carbons (Fsp3) is 0.240. The lowest BCUT2D eigenvalue weighted by Crippen LogP contribution is -2.41. The van der Waals surface area contributed by atoms with Crippen LogP contribution in [0.15, 0.2) is 71.2 Å². The molecule has 154 valence electrons. The number of amides is 1. The van der Waals surface area contributed by atoms with Gasteiger partial charge in [-0.3, -0.25) is 4.79 Å². The van der Waals surface area contributed by atoms with E-state index in [0.29, 0.717) is 24.3 Å². The molecule has 1 aliphatic rings. The van der Waals surface area contributed by atoms with Crippen LogP contribution in [0.4, 0.5) is 0 Å². The molecular formula is C25H24BrNO3. The highest BCUT2D eigenvalue weighted by Gasteiger charge is 2.33. The fourth-order valence-electron chi connectivity index (χ4n) is 4.11. The third-order valence-electron chi connectivity index (χ3n) is 5.66. The number of benzene rings is 3. The predicted octanol–water partition coefficient (Wildman–Crippen LogP) is 5.45. The second kappa shape index (κ2) is 8.92. The maximum Gasteiger partial charge on any atom is 0.254 e. The van der Waals surface area contributed by atoms with E-state index in [4.69, 9.17) is 9.47 Å². The number of carbonyl (C=O) groups excluding carboxylic acids is 1. The zero-order chi connectivity index (χ0) is 21.1. The minimum absolute atomic E-state index is 0.0492. The summed E-state index contributed by atoms with van der Waals surface area (Å²) in [6, 6.07) is 21.6. The number of hydrogen-bond acceptors (Lipinski definition) is 3. The molecular weight excluding hydrogens is 442 g/mol. The van der Waals surface area contributed by atoms with Crippen LogP contribution in [0.5, 0.6) is 11.5 Å². The summed E-state index contributed by atoms with van der Waals surface area (Å²) in [4.78, 5) is 15.4. The third-order valence-corrected chi connectivity index (χ3v) is 6.43. The molecule has 4 nitrogen and oxygen atoms in total. The van der Waals surface area contributed by atoms with Gasteiger partial charge < -0.3 is 14.4 Å². The lowest BCUT2D eigenvalue weighted by atomic mass is 9.87. The van der Waals surface area contributed by atoms with Crippen molar-refractivity contribution >= 4 is 21.8 Å². The molecule has 0 spiro atoms. The number of rotatable bonds is 5. The average molecular weight is 466 g/mol. The summed E-state index contributed by atoms with van der Waals surface area (Å²) in [6.07, 6.45) is 1.49. The van der Waals surface area contributed by atoms with E-state index in [1.54, 1.807) is 14.2 Å². The highest BCUT2D eigenvalue weighted by Crippen LogP contribution is 2.40. The largest absolute Gasteiger partial charge is 0.493 e. The Balaban J connectivity index is 1.79. The molecule has 0 saturated heterocycles. The van der Waals surface area contributed by atoms with Crippen molar-refractivity contribution in [3.05, 3.63) is 93.5 Å². The number of fused-ring (bicyclic) bond motifs is 1. The van der Waals surface area contributed by atoms with Gasteiger partial charge >= 0.3 is 0 Å². The molecule has 0 aromatic heterocycles. The predicted molar refractivity (Wildman–Crippen MR) is 121 cm³/mol. The van der Waals surface area contributed by atoms with Gasteiger partial charge in [0.25, 0.3) is 5.91 Å². The van der Waals surface area contributed by atoms with Crippen molar-refractivity contribution in [2.24, 2.45) is 0 Å². The Morgan fingerprint density at radius 3 is 2.37 bits per heavy atom. The fourth-order valence-corrected chi connectivity index (χ4v) is 4.56. The lowest BCUT2D eigenvalue weighted by Gasteiger charge is -2.38. The number of halogens is 1. The van der Waals surface area contributed by atoms with Gasteiger partial charge in [-0.25, -0.2) is 0 Å². The Morgan fingerprint density at radius 2 is 1.67 bits per heavy atom. The lowest BCUT2D eigenvalue weighted by molar-refractivity contribution is 0.0659. The van der Waals surface area contributed by atoms with Crippen LogP contribution in [0.2, 0.25) is 0 Å². The van der Waals surface area contributed by atoms with Crippen LogP contribution in [0, 0.1) is 0 Å². The van der Waals surface area contributed by atoms with Gasteiger partial charge in [-0.15, -0.1) is 0 Å². The quantitative estimate of drug-likeness (QED) is 0.502. The van der Waals surface area contributed by atoms with Gasteiger partial charge in [0.1, 0.15) is 0 Å². The van der Waals surface area contributed by atoms with Gasteiger partial charge in [-0.2, -0.15) is 0 Å². The van der Waals surface area contributed by atoms with Crippen LogP contribution in [-0.4, -0.2) is 31.6 Å². The van der Waals surface area contributed by atoms with Gasteiger partial charge in [0.2, 0.25) is 0 Å². The second-order valence-electron chi connectivity index (χ2n) is 7.33. The first-order chi connectivity index (χ1) is 14.6. The van der Waals surface area contributed by atoms with Crippen LogP contribution in [0.3, 0.4) is 0 Å². The van der Waals surface area contributed by atoms with Crippen LogP contribution < -0.4 is 9.47 Å². The number of carbonyl (C=O) groups is 1. The molecule has 3 aromatic carbocycles. The van der Waals surface area contributed by atoms with Gasteiger partial charge in [-0.05, 0) is 59.9 Å². The van der Waals surface area contributed by atoms with Crippen molar-refractivity contribution in [2.45, 2.75) is 18.9 Å². The number of nitrogens with zero attached hydrogens (tertiary/aromatic N) is 1. The summed E-state index contributed by atoms with van der Waals surface area (Å²) >= 11 is 3.67. The Kier molecular flexibility index (Phi) is 6.09. The number of methoxy groups -OCH3 is 2. The normalized spacial score (nSPS) is 15.4. The minimum Gasteiger partial charge on any atom is -0.493 e. The zero-order valence-electron chi connectivity index (χ0n) is 17.1. The average Bonchev–Trinajstić information content (AvgIpc) is 2.79. The summed E-state index contributed by atoms with van der Waals surface area (Å²) in [5.74, 6) is 1.45. The van der Waals surface area contributed by atoms with E-state index in [1.165, 1.54) is 5.56 Å². The molecule has 0 aliphatic carbocycles. The third kappa shape index (κ3) is 3.94. The Bertz CT molecular complexity index is 1050. The molecule has 0 N–H and O–H groups in total. The first-order valence-corrected chi connectivity index (χ1v) is 10.8. The molecule has 0 fully saturated rings. The molecule has 0 bridgehead atoms. The van der Waals surface area contributed by atoms with Crippen molar-refractivity contribution in [1.82, 2.24) is 4.90 Å². The molecule has 3 aromatic rings. The van der Waals surface area contributed by atoms with Gasteiger partial charge in [-0.1, -0.05) is 52.3 Å². The summed E-state index contributed by atoms with van der Waals surface area (Å²) in [5.41, 5.74) is 4.18. The van der Waals surface area contributed by atoms with Gasteiger partial charge in [0.15, 0.2) is 11.5 Å². The van der Waals surface area contributed by atoms with Crippen LogP contribution in [0.1, 0.15) is 33.1 Å². The van der Waals surface area contributed by atoms with Gasteiger partial charge in [0.05, 0.1) is 20.3 Å². The molecule has 1 heterocycles. The minimum atomic E-state index is -0.0973. The standard InChI is InChI=1S/C25H24BrNO3/c1-29-23-15-18-12-13-27(25(28)17-8-4-3-5-9-17)22(20(18)16-24(23)30-2)14-19-10-6-7-11-21(19)26/h3-11,15-16,22H,12-14H2,1-2H3. The molecule has 0 radical (unpaired) electrons. The molecule has 1 unspecified atom stereocenters. The van der Waals surface area contributed by atoms with Crippen LogP contribution in [0.25, 0.3) is 0 Å². The molecule has 5 heteroatoms. The van der Waals surface area contributed by atoms with E-state index in [-0.39, 0.29) is 11.9 Å². The summed E-state index contributed by atoms with van der Waals surface area (Å²) in [7, 11) is 3.29. The monoisotopic (exact) mass is 465 g/mol. The summed E-state index contributed by atoms with van der Waals surface area (Å²) < 4.78 is 12.1. The summed E-state index contributed by atoms with van der Waals surface area (Å²) in [6.45, 7) is 0.658. The molecule has 1 aliphatic heterocycles. The van der Waals surface area contributed by atoms with E-state index in [2.05, 4.69) is 22.0 Å². The number of ether oxygens (including phenoxy) is 2. The van der Waals surface area contributed by atoms with E-state index in [1.807, 2.05) is 65.6 Å². The van der Waals surface area contributed by atoms with Crippen LogP contribution in [-0.2, 0) is 12.8 Å². The highest BCUT2D eigenvalue weighted by molar-refractivity contribution is 9.10. The van der Waals surface area contributed by atoms with E-state index in [0.717, 1.165) is 27.8 Å². The maximum absolute atomic E-state index is 13.4. The van der Waals surface area contributed by atoms with Gasteiger partial charge in [0, 0.05) is 16.6 Å². The molecule has 0 saturated carbocycles. The second-order valence-corrected chi connectivity index (χ2v) is 8.19. The molecule has 1 atom stereocenters. The van der Waals surface area contributed by atoms with Crippen molar-refractivity contribution in [3.63, 3.8) is 0 Å². The van der Waals surface area contributed by atoms with Crippen molar-refractivity contribution in [2.75, 3.05) is 20.8 Å². The molecule has 4 rings (SSSR count). The van der Waals surface area contributed by atoms with Crippen LogP contribution >= 0.6 is 15.9 Å². The Hall–Kier alpha value is -2.79. The smallest absolute Gasteiger partial charge is 0.254 e. The highest BCUT2D eigenvalue weighted by atomic mass is 79.9. The van der Waals surface area contributed by atoms with Crippen molar-refractivity contribution in [3.8, 4) is 11.5 Å². The number of hydrogen-bond donors (Lipinski definition) is 0. The molecule has 1 amide bonds. The Morgan fingerprint density at radius 1 is 1.00 bits per heavy atom. The first kappa shape index (κ1) is 20.5.